The van der Waals surface area contributed by atoms with Crippen LogP contribution in [0, 0.1) is 23.2 Å². The number of nitrogens with one attached hydrogen (secondary N) is 1. The fourth-order valence-electron chi connectivity index (χ4n) is 5.44. The zero-order valence-electron chi connectivity index (χ0n) is 11.8. The fourth-order valence-corrected chi connectivity index (χ4v) is 5.44. The number of hydrogen-bond acceptors (Lipinski definition) is 3. The van der Waals surface area contributed by atoms with Crippen LogP contribution in [0.3, 0.4) is 0 Å². The van der Waals surface area contributed by atoms with E-state index < -0.39 is 5.41 Å². The van der Waals surface area contributed by atoms with Crippen LogP contribution in [0.15, 0.2) is 5.16 Å². The lowest BCUT2D eigenvalue weighted by Crippen LogP contribution is -2.61. The molecule has 0 aliphatic heterocycles. The lowest BCUT2D eigenvalue weighted by molar-refractivity contribution is -0.130. The van der Waals surface area contributed by atoms with Gasteiger partial charge in [-0.05, 0) is 69.1 Å². The highest BCUT2D eigenvalue weighted by Gasteiger charge is 2.58. The maximum Gasteiger partial charge on any atom is 0.234 e. The van der Waals surface area contributed by atoms with Gasteiger partial charge < -0.3 is 16.3 Å². The molecule has 5 heteroatoms. The van der Waals surface area contributed by atoms with Crippen LogP contribution < -0.4 is 11.1 Å². The number of rotatable bonds is 3. The average molecular weight is 277 g/mol. The second-order valence-corrected chi connectivity index (χ2v) is 7.72. The molecule has 110 valence electrons. The predicted octanol–water partition coefficient (Wildman–Crippen LogP) is 1.60. The van der Waals surface area contributed by atoms with Gasteiger partial charge in [0.2, 0.25) is 5.91 Å². The summed E-state index contributed by atoms with van der Waals surface area (Å²) >= 11 is 0. The molecule has 0 heterocycles. The van der Waals surface area contributed by atoms with Gasteiger partial charge in [-0.1, -0.05) is 5.16 Å². The maximum absolute atomic E-state index is 12.6. The summed E-state index contributed by atoms with van der Waals surface area (Å²) in [6.45, 7) is 0. The lowest BCUT2D eigenvalue weighted by Gasteiger charge is -2.57. The third kappa shape index (κ3) is 1.68. The number of carbonyl (C=O) groups excluding carboxylic acids is 1. The molecule has 20 heavy (non-hydrogen) atoms. The van der Waals surface area contributed by atoms with Crippen molar-refractivity contribution in [3.8, 4) is 0 Å². The van der Waals surface area contributed by atoms with E-state index in [0.29, 0.717) is 12.8 Å². The SMILES string of the molecule is NC(=NO)C1(C(=O)NC23CC4CC(CC(C4)C2)C3)CC1. The van der Waals surface area contributed by atoms with Gasteiger partial charge in [0.25, 0.3) is 0 Å². The number of hydrogen-bond donors (Lipinski definition) is 3. The van der Waals surface area contributed by atoms with E-state index in [1.165, 1.54) is 19.3 Å². The molecule has 4 bridgehead atoms. The minimum atomic E-state index is -0.710. The van der Waals surface area contributed by atoms with Crippen LogP contribution in [0.4, 0.5) is 0 Å². The molecule has 5 aliphatic carbocycles. The molecule has 5 fully saturated rings. The summed E-state index contributed by atoms with van der Waals surface area (Å²) in [6.07, 6.45) is 8.91. The molecule has 5 aliphatic rings. The Morgan fingerprint density at radius 1 is 1.10 bits per heavy atom. The highest BCUT2D eigenvalue weighted by atomic mass is 16.4. The molecule has 0 aromatic heterocycles. The van der Waals surface area contributed by atoms with Gasteiger partial charge in [-0.15, -0.1) is 0 Å². The van der Waals surface area contributed by atoms with Crippen molar-refractivity contribution in [2.24, 2.45) is 34.1 Å². The molecular weight excluding hydrogens is 254 g/mol. The Hall–Kier alpha value is -1.26. The van der Waals surface area contributed by atoms with Gasteiger partial charge in [0.05, 0.1) is 0 Å². The summed E-state index contributed by atoms with van der Waals surface area (Å²) in [7, 11) is 0. The molecule has 0 saturated heterocycles. The van der Waals surface area contributed by atoms with Crippen LogP contribution in [0.5, 0.6) is 0 Å². The monoisotopic (exact) mass is 277 g/mol. The molecule has 4 N–H and O–H groups in total. The fraction of sp³-hybridized carbons (Fsp3) is 0.867. The molecule has 0 radical (unpaired) electrons. The Morgan fingerprint density at radius 3 is 2.00 bits per heavy atom. The molecule has 0 aromatic carbocycles. The van der Waals surface area contributed by atoms with E-state index in [4.69, 9.17) is 10.9 Å². The van der Waals surface area contributed by atoms with Gasteiger partial charge in [-0.2, -0.15) is 0 Å². The van der Waals surface area contributed by atoms with Crippen molar-refractivity contribution >= 4 is 11.7 Å². The summed E-state index contributed by atoms with van der Waals surface area (Å²) in [4.78, 5) is 12.6. The van der Waals surface area contributed by atoms with E-state index in [0.717, 1.165) is 37.0 Å². The first-order valence-electron chi connectivity index (χ1n) is 7.86. The van der Waals surface area contributed by atoms with Gasteiger partial charge >= 0.3 is 0 Å². The largest absolute Gasteiger partial charge is 0.409 e. The van der Waals surface area contributed by atoms with Crippen molar-refractivity contribution in [3.63, 3.8) is 0 Å². The molecule has 1 amide bonds. The normalized spacial score (nSPS) is 44.4. The summed E-state index contributed by atoms with van der Waals surface area (Å²) in [5.41, 5.74) is 5.02. The molecule has 0 aromatic rings. The molecular formula is C15H23N3O2. The summed E-state index contributed by atoms with van der Waals surface area (Å²) in [5, 5.41) is 15.3. The minimum Gasteiger partial charge on any atom is -0.409 e. The van der Waals surface area contributed by atoms with Gasteiger partial charge in [0.15, 0.2) is 5.84 Å². The number of carbonyl (C=O) groups is 1. The van der Waals surface area contributed by atoms with E-state index in [2.05, 4.69) is 10.5 Å². The van der Waals surface area contributed by atoms with E-state index >= 15 is 0 Å². The number of nitrogens with zero attached hydrogens (tertiary/aromatic N) is 1. The first kappa shape index (κ1) is 12.5. The van der Waals surface area contributed by atoms with Crippen molar-refractivity contribution in [1.82, 2.24) is 5.32 Å². The topological polar surface area (TPSA) is 87.7 Å². The Bertz CT molecular complexity index is 446. The highest BCUT2D eigenvalue weighted by molar-refractivity contribution is 6.09. The highest BCUT2D eigenvalue weighted by Crippen LogP contribution is 2.56. The van der Waals surface area contributed by atoms with Crippen LogP contribution in [-0.4, -0.2) is 22.5 Å². The predicted molar refractivity (Wildman–Crippen MR) is 74.1 cm³/mol. The van der Waals surface area contributed by atoms with Gasteiger partial charge in [-0.25, -0.2) is 0 Å². The molecule has 5 rings (SSSR count). The van der Waals surface area contributed by atoms with Crippen molar-refractivity contribution in [2.45, 2.75) is 56.9 Å². The zero-order valence-corrected chi connectivity index (χ0v) is 11.8. The third-order valence-corrected chi connectivity index (χ3v) is 6.20. The number of amides is 1. The molecule has 0 unspecified atom stereocenters. The van der Waals surface area contributed by atoms with Gasteiger partial charge in [0, 0.05) is 5.54 Å². The average Bonchev–Trinajstić information content (AvgIpc) is 3.17. The van der Waals surface area contributed by atoms with E-state index in [1.807, 2.05) is 0 Å². The smallest absolute Gasteiger partial charge is 0.234 e. The lowest BCUT2D eigenvalue weighted by atomic mass is 9.53. The quantitative estimate of drug-likeness (QED) is 0.317. The van der Waals surface area contributed by atoms with E-state index in [9.17, 15) is 4.79 Å². The maximum atomic E-state index is 12.6. The van der Waals surface area contributed by atoms with E-state index in [1.54, 1.807) is 0 Å². The first-order chi connectivity index (χ1) is 9.55. The molecule has 0 spiro atoms. The molecule has 5 nitrogen and oxygen atoms in total. The van der Waals surface area contributed by atoms with Crippen molar-refractivity contribution in [2.75, 3.05) is 0 Å². The number of nitrogens with two attached hydrogens (primary N) is 1. The van der Waals surface area contributed by atoms with E-state index in [-0.39, 0.29) is 17.3 Å². The Kier molecular flexibility index (Phi) is 2.43. The van der Waals surface area contributed by atoms with Crippen LogP contribution in [0.1, 0.15) is 51.4 Å². The van der Waals surface area contributed by atoms with Gasteiger partial charge in [-0.3, -0.25) is 4.79 Å². The van der Waals surface area contributed by atoms with Crippen LogP contribution in [0.25, 0.3) is 0 Å². The van der Waals surface area contributed by atoms with Crippen LogP contribution >= 0.6 is 0 Å². The Morgan fingerprint density at radius 2 is 1.60 bits per heavy atom. The Balaban J connectivity index is 1.53. The number of oxime groups is 1. The van der Waals surface area contributed by atoms with Crippen LogP contribution in [0.2, 0.25) is 0 Å². The van der Waals surface area contributed by atoms with Crippen LogP contribution in [-0.2, 0) is 4.79 Å². The molecule has 5 saturated carbocycles. The Labute approximate surface area is 119 Å². The molecule has 0 atom stereocenters. The number of amidine groups is 1. The summed E-state index contributed by atoms with van der Waals surface area (Å²) in [5.74, 6) is 2.50. The van der Waals surface area contributed by atoms with Crippen molar-refractivity contribution in [1.29, 1.82) is 0 Å². The zero-order chi connectivity index (χ0) is 14.0. The summed E-state index contributed by atoms with van der Waals surface area (Å²) in [6, 6.07) is 0. The standard InChI is InChI=1S/C15H23N3O2/c16-12(18-20)15(1-2-15)13(19)17-14-6-9-3-10(7-14)5-11(4-9)8-14/h9-11,20H,1-8H2,(H2,16,18)(H,17,19). The van der Waals surface area contributed by atoms with Crippen molar-refractivity contribution in [3.05, 3.63) is 0 Å². The summed E-state index contributed by atoms with van der Waals surface area (Å²) < 4.78 is 0. The van der Waals surface area contributed by atoms with Gasteiger partial charge in [0.1, 0.15) is 5.41 Å². The first-order valence-corrected chi connectivity index (χ1v) is 7.86. The second-order valence-electron chi connectivity index (χ2n) is 7.72. The minimum absolute atomic E-state index is 0.00486. The second kappa shape index (κ2) is 3.89. The third-order valence-electron chi connectivity index (χ3n) is 6.20. The van der Waals surface area contributed by atoms with Crippen molar-refractivity contribution < 1.29 is 10.0 Å².